The molecule has 0 radical (unpaired) electrons. The zero-order chi connectivity index (χ0) is 43.3. The molecule has 66 heavy (non-hydrogen) atoms. The predicted octanol–water partition coefficient (Wildman–Crippen LogP) is 18.4. The van der Waals surface area contributed by atoms with Gasteiger partial charge < -0.3 is 8.83 Å². The van der Waals surface area contributed by atoms with E-state index in [0.717, 1.165) is 60.6 Å². The van der Waals surface area contributed by atoms with Crippen molar-refractivity contribution in [1.82, 2.24) is 0 Å². The van der Waals surface area contributed by atoms with Gasteiger partial charge in [-0.25, -0.2) is 0 Å². The van der Waals surface area contributed by atoms with E-state index in [9.17, 15) is 0 Å². The largest absolute Gasteiger partial charge is 0.456 e. The molecular weight excluding hydrogens is 801 g/mol. The molecule has 0 unspecified atom stereocenters. The first-order chi connectivity index (χ1) is 32.7. The lowest BCUT2D eigenvalue weighted by atomic mass is 9.84. The van der Waals surface area contributed by atoms with Crippen molar-refractivity contribution in [2.75, 3.05) is 0 Å². The van der Waals surface area contributed by atoms with Crippen molar-refractivity contribution >= 4 is 87.0 Å². The van der Waals surface area contributed by atoms with Crippen molar-refractivity contribution in [3.8, 4) is 55.6 Å². The van der Waals surface area contributed by atoms with Gasteiger partial charge in [-0.15, -0.1) is 0 Å². The summed E-state index contributed by atoms with van der Waals surface area (Å²) in [5, 5.41) is 14.2. The first-order valence-corrected chi connectivity index (χ1v) is 22.7. The predicted molar refractivity (Wildman–Crippen MR) is 278 cm³/mol. The molecule has 0 aliphatic carbocycles. The molecule has 2 heteroatoms. The Hall–Kier alpha value is -8.72. The maximum Gasteiger partial charge on any atom is 0.136 e. The van der Waals surface area contributed by atoms with Crippen LogP contribution in [-0.4, -0.2) is 0 Å². The van der Waals surface area contributed by atoms with Gasteiger partial charge in [0.25, 0.3) is 0 Å². The highest BCUT2D eigenvalue weighted by molar-refractivity contribution is 6.27. The zero-order valence-corrected chi connectivity index (χ0v) is 35.8. The molecule has 0 spiro atoms. The van der Waals surface area contributed by atoms with Crippen LogP contribution in [0.25, 0.3) is 143 Å². The number of benzene rings is 12. The third-order valence-corrected chi connectivity index (χ3v) is 13.8. The molecule has 0 saturated carbocycles. The fourth-order valence-corrected chi connectivity index (χ4v) is 11.0. The molecule has 0 aliphatic heterocycles. The summed E-state index contributed by atoms with van der Waals surface area (Å²) in [6, 6.07) is 83.4. The SMILES string of the molecule is c1ccc(-c2ccc3oc4ccc(-c5c6ccccc6c(-c6cccc7oc8cc(-c9c%10ccccc%10c(-c%10ccccc%10)c%10ccccc9%10)ccc8c67)c6ccccc56)cc4c3c2)cc1. The second-order valence-corrected chi connectivity index (χ2v) is 17.4. The molecule has 2 aromatic heterocycles. The van der Waals surface area contributed by atoms with Crippen LogP contribution in [-0.2, 0) is 0 Å². The minimum absolute atomic E-state index is 0.872. The van der Waals surface area contributed by atoms with Gasteiger partial charge in [0.2, 0.25) is 0 Å². The number of rotatable bonds is 5. The Balaban J connectivity index is 0.972. The van der Waals surface area contributed by atoms with Gasteiger partial charge in [0, 0.05) is 21.5 Å². The van der Waals surface area contributed by atoms with E-state index in [4.69, 9.17) is 8.83 Å². The molecule has 0 atom stereocenters. The molecule has 12 aromatic carbocycles. The molecule has 0 fully saturated rings. The van der Waals surface area contributed by atoms with Crippen molar-refractivity contribution in [1.29, 1.82) is 0 Å². The second kappa shape index (κ2) is 14.4. The van der Waals surface area contributed by atoms with Gasteiger partial charge in [-0.2, -0.15) is 0 Å². The first kappa shape index (κ1) is 36.7. The van der Waals surface area contributed by atoms with E-state index in [1.54, 1.807) is 0 Å². The van der Waals surface area contributed by atoms with Crippen LogP contribution in [0.1, 0.15) is 0 Å². The third-order valence-electron chi connectivity index (χ3n) is 13.8. The lowest BCUT2D eigenvalue weighted by Crippen LogP contribution is -1.91. The average molecular weight is 839 g/mol. The standard InChI is InChI=1S/C64H38O2/c1-3-16-39(17-4-1)41-31-34-56-54(36-41)55-37-42(32-35-57(55)65-56)61-48-24-11-13-26-50(48)63(51-27-14-12-25-49(51)61)53-28-15-29-58-64(53)52-33-30-43(38-59(52)66-58)62-46-22-9-7-20-44(46)60(40-18-5-2-6-19-40)45-21-8-10-23-47(45)62/h1-38H. The maximum atomic E-state index is 6.91. The fraction of sp³-hybridized carbons (Fsp3) is 0. The Morgan fingerprint density at radius 2 is 0.606 bits per heavy atom. The summed E-state index contributed by atoms with van der Waals surface area (Å²) in [7, 11) is 0. The number of hydrogen-bond acceptors (Lipinski definition) is 2. The minimum atomic E-state index is 0.872. The summed E-state index contributed by atoms with van der Waals surface area (Å²) in [6.45, 7) is 0. The van der Waals surface area contributed by atoms with Gasteiger partial charge in [-0.1, -0.05) is 188 Å². The van der Waals surface area contributed by atoms with Gasteiger partial charge in [-0.3, -0.25) is 0 Å². The van der Waals surface area contributed by atoms with E-state index in [1.807, 2.05) is 0 Å². The van der Waals surface area contributed by atoms with E-state index in [2.05, 4.69) is 231 Å². The topological polar surface area (TPSA) is 26.3 Å². The van der Waals surface area contributed by atoms with E-state index in [0.29, 0.717) is 0 Å². The van der Waals surface area contributed by atoms with Crippen molar-refractivity contribution < 1.29 is 8.83 Å². The van der Waals surface area contributed by atoms with Crippen LogP contribution in [0.15, 0.2) is 239 Å². The summed E-state index contributed by atoms with van der Waals surface area (Å²) in [5.74, 6) is 0. The van der Waals surface area contributed by atoms with Crippen LogP contribution in [0, 0.1) is 0 Å². The molecule has 14 rings (SSSR count). The normalized spacial score (nSPS) is 11.9. The van der Waals surface area contributed by atoms with Gasteiger partial charge in [-0.05, 0) is 141 Å². The van der Waals surface area contributed by atoms with Crippen molar-refractivity contribution in [3.05, 3.63) is 231 Å². The molecule has 2 heterocycles. The highest BCUT2D eigenvalue weighted by atomic mass is 16.3. The Bertz CT molecular complexity index is 4150. The smallest absolute Gasteiger partial charge is 0.136 e. The molecule has 14 aromatic rings. The lowest BCUT2D eigenvalue weighted by molar-refractivity contribution is 0.668. The average Bonchev–Trinajstić information content (AvgIpc) is 3.95. The highest BCUT2D eigenvalue weighted by Gasteiger charge is 2.23. The number of hydrogen-bond donors (Lipinski definition) is 0. The molecule has 0 saturated heterocycles. The van der Waals surface area contributed by atoms with Crippen molar-refractivity contribution in [2.24, 2.45) is 0 Å². The van der Waals surface area contributed by atoms with Gasteiger partial charge in [0.15, 0.2) is 0 Å². The highest BCUT2D eigenvalue weighted by Crippen LogP contribution is 2.49. The van der Waals surface area contributed by atoms with E-state index < -0.39 is 0 Å². The summed E-state index contributed by atoms with van der Waals surface area (Å²) >= 11 is 0. The van der Waals surface area contributed by atoms with Crippen LogP contribution in [0.4, 0.5) is 0 Å². The second-order valence-electron chi connectivity index (χ2n) is 17.4. The van der Waals surface area contributed by atoms with Gasteiger partial charge >= 0.3 is 0 Å². The lowest BCUT2D eigenvalue weighted by Gasteiger charge is -2.18. The molecule has 0 amide bonds. The summed E-state index contributed by atoms with van der Waals surface area (Å²) in [6.07, 6.45) is 0. The zero-order valence-electron chi connectivity index (χ0n) is 35.8. The molecule has 0 bridgehead atoms. The van der Waals surface area contributed by atoms with Crippen LogP contribution in [0.3, 0.4) is 0 Å². The maximum absolute atomic E-state index is 6.91. The van der Waals surface area contributed by atoms with Crippen LogP contribution >= 0.6 is 0 Å². The Labute approximate surface area is 380 Å². The van der Waals surface area contributed by atoms with Crippen molar-refractivity contribution in [3.63, 3.8) is 0 Å². The summed E-state index contributed by atoms with van der Waals surface area (Å²) in [4.78, 5) is 0. The number of furan rings is 2. The van der Waals surface area contributed by atoms with E-state index in [-0.39, 0.29) is 0 Å². The van der Waals surface area contributed by atoms with E-state index in [1.165, 1.54) is 82.0 Å². The molecule has 0 aliphatic rings. The van der Waals surface area contributed by atoms with Crippen LogP contribution < -0.4 is 0 Å². The fourth-order valence-electron chi connectivity index (χ4n) is 11.0. The van der Waals surface area contributed by atoms with E-state index >= 15 is 0 Å². The van der Waals surface area contributed by atoms with Crippen LogP contribution in [0.2, 0.25) is 0 Å². The molecule has 0 N–H and O–H groups in total. The van der Waals surface area contributed by atoms with Gasteiger partial charge in [0.1, 0.15) is 22.3 Å². The minimum Gasteiger partial charge on any atom is -0.456 e. The first-order valence-electron chi connectivity index (χ1n) is 22.7. The quantitative estimate of drug-likeness (QED) is 0.161. The summed E-state index contributed by atoms with van der Waals surface area (Å²) in [5.41, 5.74) is 15.5. The monoisotopic (exact) mass is 838 g/mol. The Morgan fingerprint density at radius 3 is 1.15 bits per heavy atom. The summed E-state index contributed by atoms with van der Waals surface area (Å²) < 4.78 is 13.3. The Kier molecular flexibility index (Phi) is 8.02. The molecule has 306 valence electrons. The van der Waals surface area contributed by atoms with Crippen molar-refractivity contribution in [2.45, 2.75) is 0 Å². The van der Waals surface area contributed by atoms with Crippen LogP contribution in [0.5, 0.6) is 0 Å². The number of fused-ring (bicyclic) bond motifs is 10. The molecular formula is C64H38O2. The molecule has 2 nitrogen and oxygen atoms in total. The van der Waals surface area contributed by atoms with Gasteiger partial charge in [0.05, 0.1) is 0 Å². The third kappa shape index (κ3) is 5.49. The Morgan fingerprint density at radius 1 is 0.197 bits per heavy atom.